The number of nitrogens with one attached hydrogen (secondary N) is 6. The van der Waals surface area contributed by atoms with E-state index in [2.05, 4.69) is 88.8 Å². The van der Waals surface area contributed by atoms with Crippen molar-refractivity contribution >= 4 is 129 Å². The summed E-state index contributed by atoms with van der Waals surface area (Å²) in [4.78, 5) is 87.7. The molecule has 0 aliphatic carbocycles. The predicted octanol–water partition coefficient (Wildman–Crippen LogP) is 9.49. The van der Waals surface area contributed by atoms with Crippen LogP contribution in [-0.4, -0.2) is 179 Å². The van der Waals surface area contributed by atoms with Crippen LogP contribution in [0.25, 0.3) is 23.3 Å². The molecule has 10 heterocycles. The maximum Gasteiger partial charge on any atom is 0.256 e. The number of aromatic nitrogens is 2. The second-order valence-corrected chi connectivity index (χ2v) is 25.6. The maximum atomic E-state index is 14.0. The number of carbonyl (C=O) groups excluding carboxylic acids is 6. The van der Waals surface area contributed by atoms with Gasteiger partial charge in [0, 0.05) is 131 Å². The molecule has 93 heavy (non-hydrogen) atoms. The van der Waals surface area contributed by atoms with Gasteiger partial charge in [-0.05, 0) is 151 Å². The normalized spacial score (nSPS) is 18.5. The molecule has 2 atom stereocenters. The van der Waals surface area contributed by atoms with Gasteiger partial charge in [0.15, 0.2) is 0 Å². The number of hydrogen-bond donors (Lipinski definition) is 8. The Balaban J connectivity index is 0.000000161. The zero-order chi connectivity index (χ0) is 64.5. The number of halogens is 7. The number of hydrogen-bond acceptors (Lipinski definition) is 12. The zero-order valence-corrected chi connectivity index (χ0v) is 54.1. The molecule has 2 saturated heterocycles. The molecule has 14 rings (SSSR count). The largest absolute Gasteiger partial charge is 0.390 e. The van der Waals surface area contributed by atoms with E-state index in [-0.39, 0.29) is 81.4 Å². The summed E-state index contributed by atoms with van der Waals surface area (Å²) >= 11 is 9.76. The summed E-state index contributed by atoms with van der Waals surface area (Å²) < 4.78 is 65.6. The molecule has 0 radical (unpaired) electrons. The minimum absolute atomic E-state index is 0. The van der Waals surface area contributed by atoms with E-state index in [4.69, 9.17) is 9.47 Å². The molecule has 6 amide bonds. The van der Waals surface area contributed by atoms with Crippen molar-refractivity contribution in [1.82, 2.24) is 29.6 Å². The Morgan fingerprint density at radius 3 is 1.39 bits per heavy atom. The summed E-state index contributed by atoms with van der Waals surface area (Å²) in [5.74, 6) is -2.58. The first-order chi connectivity index (χ1) is 43.5. The molecule has 8 aliphatic rings. The monoisotopic (exact) mass is 1480 g/mol. The summed E-state index contributed by atoms with van der Waals surface area (Å²) in [7, 11) is 0. The molecule has 20 nitrogen and oxygen atoms in total. The Kier molecular flexibility index (Phi) is 22.5. The van der Waals surface area contributed by atoms with Gasteiger partial charge in [0.05, 0.1) is 90.8 Å². The molecule has 2 fully saturated rings. The number of carbonyl (C=O) groups is 6. The van der Waals surface area contributed by atoms with Crippen molar-refractivity contribution in [3.05, 3.63) is 159 Å². The number of fused-ring (bicyclic) bond motifs is 6. The smallest absolute Gasteiger partial charge is 0.256 e. The summed E-state index contributed by atoms with van der Waals surface area (Å²) in [6.45, 7) is 12.0. The van der Waals surface area contributed by atoms with Crippen LogP contribution < -0.4 is 21.3 Å². The average Bonchev–Trinajstić information content (AvgIpc) is 1.63. The number of benzene rings is 4. The molecule has 27 heteroatoms. The Morgan fingerprint density at radius 2 is 0.925 bits per heavy atom. The topological polar surface area (TPSA) is 254 Å². The molecule has 0 spiro atoms. The van der Waals surface area contributed by atoms with Gasteiger partial charge < -0.3 is 60.7 Å². The van der Waals surface area contributed by atoms with Crippen LogP contribution in [0, 0.1) is 37.1 Å². The lowest BCUT2D eigenvalue weighted by Crippen LogP contribution is -2.47. The van der Waals surface area contributed by atoms with Crippen LogP contribution in [-0.2, 0) is 54.3 Å². The highest BCUT2D eigenvalue weighted by atomic mass is 79.9. The van der Waals surface area contributed by atoms with Crippen LogP contribution in [0.2, 0.25) is 0 Å². The lowest BCUT2D eigenvalue weighted by Gasteiger charge is -2.32. The Morgan fingerprint density at radius 1 is 0.516 bits per heavy atom. The highest BCUT2D eigenvalue weighted by Gasteiger charge is 2.35. The molecule has 2 aromatic heterocycles. The lowest BCUT2D eigenvalue weighted by atomic mass is 10.0. The van der Waals surface area contributed by atoms with Crippen LogP contribution in [0.15, 0.2) is 68.0 Å². The van der Waals surface area contributed by atoms with Crippen LogP contribution in [0.4, 0.5) is 40.3 Å². The number of rotatable bonds is 10. The Labute approximate surface area is 559 Å². The highest BCUT2D eigenvalue weighted by Crippen LogP contribution is 2.42. The van der Waals surface area contributed by atoms with Crippen molar-refractivity contribution in [2.24, 2.45) is 0 Å². The van der Waals surface area contributed by atoms with Gasteiger partial charge in [-0.2, -0.15) is 0 Å². The van der Waals surface area contributed by atoms with Gasteiger partial charge in [0.2, 0.25) is 11.8 Å². The molecular weight excluding hydrogens is 1410 g/mol. The number of morpholine rings is 2. The summed E-state index contributed by atoms with van der Waals surface area (Å²) in [6, 6.07) is 12.3. The summed E-state index contributed by atoms with van der Waals surface area (Å²) in [5.41, 5.74) is 11.1. The number of aliphatic hydroxyl groups is 2. The van der Waals surface area contributed by atoms with Crippen molar-refractivity contribution in [1.29, 1.82) is 0 Å². The second kappa shape index (κ2) is 29.9. The summed E-state index contributed by atoms with van der Waals surface area (Å²) in [5, 5.41) is 31.9. The van der Waals surface area contributed by atoms with E-state index in [1.165, 1.54) is 48.5 Å². The molecule has 4 aromatic carbocycles. The third kappa shape index (κ3) is 15.7. The van der Waals surface area contributed by atoms with E-state index < -0.39 is 23.8 Å². The van der Waals surface area contributed by atoms with E-state index >= 15 is 0 Å². The molecule has 0 bridgehead atoms. The average molecular weight is 1480 g/mol. The quantitative estimate of drug-likeness (QED) is 0.0472. The van der Waals surface area contributed by atoms with E-state index in [9.17, 15) is 56.5 Å². The predicted molar refractivity (Wildman–Crippen MR) is 357 cm³/mol. The number of aliphatic hydroxyl groups excluding tert-OH is 2. The van der Waals surface area contributed by atoms with Gasteiger partial charge in [0.1, 0.15) is 23.3 Å². The maximum absolute atomic E-state index is 14.0. The number of amides is 6. The lowest BCUT2D eigenvalue weighted by molar-refractivity contribution is -0.115. The Bertz CT molecular complexity index is 3810. The molecule has 0 saturated carbocycles. The Hall–Kier alpha value is -7.34. The zero-order valence-electron chi connectivity index (χ0n) is 49.3. The highest BCUT2D eigenvalue weighted by molar-refractivity contribution is 9.11. The minimum Gasteiger partial charge on any atom is -0.390 e. The van der Waals surface area contributed by atoms with Crippen molar-refractivity contribution < 1.29 is 66.0 Å². The van der Waals surface area contributed by atoms with Gasteiger partial charge in [-0.15, -0.1) is 0 Å². The van der Waals surface area contributed by atoms with E-state index in [1.807, 2.05) is 13.8 Å². The molecule has 0 unspecified atom stereocenters. The van der Waals surface area contributed by atoms with Gasteiger partial charge in [-0.3, -0.25) is 38.6 Å². The van der Waals surface area contributed by atoms with Crippen molar-refractivity contribution in [3.8, 4) is 0 Å². The molecule has 6 aromatic rings. The van der Waals surface area contributed by atoms with Crippen LogP contribution in [0.3, 0.4) is 0 Å². The molecule has 494 valence electrons. The van der Waals surface area contributed by atoms with Crippen LogP contribution in [0.1, 0.15) is 91.7 Å². The first kappa shape index (κ1) is 70.0. The molecule has 8 N–H and O–H groups in total. The van der Waals surface area contributed by atoms with Gasteiger partial charge in [-0.25, -0.2) is 17.6 Å². The van der Waals surface area contributed by atoms with E-state index in [0.29, 0.717) is 153 Å². The first-order valence-electron chi connectivity index (χ1n) is 29.4. The molecule has 8 aliphatic heterocycles. The summed E-state index contributed by atoms with van der Waals surface area (Å²) in [6.07, 6.45) is 3.88. The standard InChI is InChI=1S/2C24H26BrFN4O4.C8H5BrFNO.C8H6FNO.2CH4/c2*1-13-20(10-17-16-8-14(26)9-18(25)22(16)28-23(17)32)27-19-2-3-30(24(33)21(13)19)12-15(31)11-29-4-6-34-7-5-29;9-6-3-5(10)1-4-2-7(12)11-8(4)6;9-6-1-2-7-5(3-6)4-8(11)10-7;;/h2*8-10,15,27,31H,2-7,11-12H2,1H3,(H,28,32);1,3H,2H2,(H,11,12);1-3H,4H2,(H,10,11);2*1H4/b2*17-10-;;;;/t2*15-;;;;/m00..../s1. The first-order valence-corrected chi connectivity index (χ1v) is 31.8. The van der Waals surface area contributed by atoms with Crippen molar-refractivity contribution in [2.45, 2.75) is 66.6 Å². The number of ether oxygens (including phenoxy) is 2. The van der Waals surface area contributed by atoms with Gasteiger partial charge in [0.25, 0.3) is 23.6 Å². The number of nitrogens with zero attached hydrogens (tertiary/aromatic N) is 4. The number of β-amino-alcohol motifs (C(OH)–C–C–N with tert-alkyl or cyclic N) is 2. The van der Waals surface area contributed by atoms with E-state index in [1.54, 1.807) is 28.0 Å². The number of aromatic amines is 2. The van der Waals surface area contributed by atoms with Gasteiger partial charge >= 0.3 is 0 Å². The third-order valence-electron chi connectivity index (χ3n) is 16.7. The van der Waals surface area contributed by atoms with Crippen molar-refractivity contribution in [2.75, 3.05) is 113 Å². The number of anilines is 4. The molecular formula is C66H71Br3F4N10O10. The van der Waals surface area contributed by atoms with Crippen LogP contribution >= 0.6 is 47.8 Å². The minimum atomic E-state index is -0.642. The fourth-order valence-corrected chi connectivity index (χ4v) is 13.9. The second-order valence-electron chi connectivity index (χ2n) is 23.0. The number of H-pyrrole nitrogens is 2. The fourth-order valence-electron chi connectivity index (χ4n) is 12.2. The third-order valence-corrected chi connectivity index (χ3v) is 18.6. The van der Waals surface area contributed by atoms with Gasteiger partial charge in [-0.1, -0.05) is 14.9 Å². The van der Waals surface area contributed by atoms with Crippen LogP contribution in [0.5, 0.6) is 0 Å². The SMILES string of the molecule is C.C.Cc1c(/C=C2\C(=O)Nc3c(Br)cc(F)cc32)[nH]c2c1C(=O)N(C[C@@H](O)CN1CCOCC1)CC2.Cc1c(/C=C2\C(=O)Nc3c(Br)cc(F)cc32)[nH]c2c1C(=O)N(C[C@@H](O)CN1CCOCC1)CC2.O=C1Cc2cc(F)cc(Br)c2N1.O=C1Cc2cc(F)ccc2N1. The van der Waals surface area contributed by atoms with Crippen molar-refractivity contribution in [3.63, 3.8) is 0 Å². The van der Waals surface area contributed by atoms with E-state index in [0.717, 1.165) is 59.9 Å². The fraction of sp³-hybridized carbons (Fsp3) is 0.364.